The van der Waals surface area contributed by atoms with Gasteiger partial charge in [-0.3, -0.25) is 0 Å². The fraction of sp³-hybridized carbons (Fsp3) is 0.429. The Morgan fingerprint density at radius 3 is 2.50 bits per heavy atom. The monoisotopic (exact) mass is 280 g/mol. The van der Waals surface area contributed by atoms with Crippen LogP contribution in [0.2, 0.25) is 0 Å². The molecule has 1 rings (SSSR count). The molecule has 0 saturated heterocycles. The maximum absolute atomic E-state index is 11.4. The highest BCUT2D eigenvalue weighted by atomic mass is 16.5. The van der Waals surface area contributed by atoms with E-state index in [1.54, 1.807) is 0 Å². The fourth-order valence-corrected chi connectivity index (χ4v) is 1.60. The molecule has 1 aromatic carbocycles. The number of urea groups is 1. The van der Waals surface area contributed by atoms with Gasteiger partial charge in [0.15, 0.2) is 0 Å². The van der Waals surface area contributed by atoms with Gasteiger partial charge >= 0.3 is 12.0 Å². The number of aliphatic carboxylic acids is 1. The van der Waals surface area contributed by atoms with Crippen molar-refractivity contribution in [3.05, 3.63) is 35.9 Å². The number of carbonyl (C=O) groups excluding carboxylic acids is 1. The molecule has 1 aromatic rings. The minimum Gasteiger partial charge on any atom is -0.480 e. The molecule has 0 spiro atoms. The van der Waals surface area contributed by atoms with Gasteiger partial charge in [0.1, 0.15) is 6.61 Å². The van der Waals surface area contributed by atoms with Crippen LogP contribution in [-0.2, 0) is 16.0 Å². The van der Waals surface area contributed by atoms with Crippen molar-refractivity contribution in [1.29, 1.82) is 0 Å². The average Bonchev–Trinajstić information content (AvgIpc) is 2.44. The van der Waals surface area contributed by atoms with Crippen LogP contribution in [0, 0.1) is 0 Å². The van der Waals surface area contributed by atoms with E-state index in [4.69, 9.17) is 9.84 Å². The number of aryl methyl sites for hydroxylation is 1. The highest BCUT2D eigenvalue weighted by Crippen LogP contribution is 2.01. The summed E-state index contributed by atoms with van der Waals surface area (Å²) in [6.07, 6.45) is 1.79. The Labute approximate surface area is 118 Å². The van der Waals surface area contributed by atoms with Gasteiger partial charge < -0.3 is 20.5 Å². The summed E-state index contributed by atoms with van der Waals surface area (Å²) >= 11 is 0. The maximum Gasteiger partial charge on any atom is 0.329 e. The molecular formula is C14H20N2O4. The highest BCUT2D eigenvalue weighted by molar-refractivity contribution is 5.73. The third-order valence-corrected chi connectivity index (χ3v) is 2.53. The summed E-state index contributed by atoms with van der Waals surface area (Å²) in [7, 11) is 0. The third kappa shape index (κ3) is 8.10. The summed E-state index contributed by atoms with van der Waals surface area (Å²) in [6.45, 7) is 0.721. The minimum absolute atomic E-state index is 0.184. The van der Waals surface area contributed by atoms with E-state index in [0.717, 1.165) is 12.8 Å². The average molecular weight is 280 g/mol. The molecule has 0 saturated carbocycles. The lowest BCUT2D eigenvalue weighted by Gasteiger charge is -2.07. The molecular weight excluding hydrogens is 260 g/mol. The van der Waals surface area contributed by atoms with Crippen LogP contribution < -0.4 is 10.6 Å². The predicted molar refractivity (Wildman–Crippen MR) is 74.6 cm³/mol. The Hall–Kier alpha value is -2.08. The van der Waals surface area contributed by atoms with E-state index in [1.807, 2.05) is 18.2 Å². The van der Waals surface area contributed by atoms with Gasteiger partial charge in [0.25, 0.3) is 0 Å². The molecule has 20 heavy (non-hydrogen) atoms. The Kier molecular flexibility index (Phi) is 7.83. The van der Waals surface area contributed by atoms with Crippen molar-refractivity contribution in [2.75, 3.05) is 26.3 Å². The Bertz CT molecular complexity index is 409. The summed E-state index contributed by atoms with van der Waals surface area (Å²) in [5.74, 6) is -1.02. The first kappa shape index (κ1) is 16.0. The van der Waals surface area contributed by atoms with Crippen molar-refractivity contribution < 1.29 is 19.4 Å². The lowest BCUT2D eigenvalue weighted by Crippen LogP contribution is -2.38. The SMILES string of the molecule is O=C(O)COCCNC(=O)NCCCc1ccccc1. The number of nitrogens with one attached hydrogen (secondary N) is 2. The van der Waals surface area contributed by atoms with Gasteiger partial charge in [0, 0.05) is 13.1 Å². The summed E-state index contributed by atoms with van der Waals surface area (Å²) in [6, 6.07) is 9.80. The van der Waals surface area contributed by atoms with E-state index in [2.05, 4.69) is 22.8 Å². The Balaban J connectivity index is 1.96. The normalized spacial score (nSPS) is 10.0. The molecule has 0 heterocycles. The molecule has 6 nitrogen and oxygen atoms in total. The van der Waals surface area contributed by atoms with Crippen LogP contribution in [0.4, 0.5) is 4.79 Å². The second-order valence-corrected chi connectivity index (χ2v) is 4.22. The lowest BCUT2D eigenvalue weighted by atomic mass is 10.1. The number of hydrogen-bond donors (Lipinski definition) is 3. The number of carboxylic acid groups (broad SMARTS) is 1. The van der Waals surface area contributed by atoms with Crippen LogP contribution in [-0.4, -0.2) is 43.4 Å². The first-order valence-corrected chi connectivity index (χ1v) is 6.53. The zero-order valence-electron chi connectivity index (χ0n) is 11.3. The van der Waals surface area contributed by atoms with Gasteiger partial charge in [-0.25, -0.2) is 9.59 Å². The van der Waals surface area contributed by atoms with Crippen molar-refractivity contribution >= 4 is 12.0 Å². The first-order chi connectivity index (χ1) is 9.68. The van der Waals surface area contributed by atoms with E-state index in [-0.39, 0.29) is 25.8 Å². The number of hydrogen-bond acceptors (Lipinski definition) is 3. The number of carboxylic acids is 1. The van der Waals surface area contributed by atoms with Crippen molar-refractivity contribution in [2.45, 2.75) is 12.8 Å². The lowest BCUT2D eigenvalue weighted by molar-refractivity contribution is -0.142. The Morgan fingerprint density at radius 2 is 1.80 bits per heavy atom. The van der Waals surface area contributed by atoms with Crippen molar-refractivity contribution in [3.63, 3.8) is 0 Å². The molecule has 3 N–H and O–H groups in total. The topological polar surface area (TPSA) is 87.7 Å². The zero-order chi connectivity index (χ0) is 14.6. The number of benzene rings is 1. The number of rotatable bonds is 9. The summed E-state index contributed by atoms with van der Waals surface area (Å²) in [5, 5.41) is 13.7. The fourth-order valence-electron chi connectivity index (χ4n) is 1.60. The van der Waals surface area contributed by atoms with Gasteiger partial charge in [-0.2, -0.15) is 0 Å². The molecule has 0 aliphatic rings. The van der Waals surface area contributed by atoms with Gasteiger partial charge in [-0.15, -0.1) is 0 Å². The van der Waals surface area contributed by atoms with E-state index in [1.165, 1.54) is 5.56 Å². The molecule has 0 atom stereocenters. The molecule has 0 bridgehead atoms. The van der Waals surface area contributed by atoms with Gasteiger partial charge in [-0.1, -0.05) is 30.3 Å². The van der Waals surface area contributed by atoms with Crippen LogP contribution in [0.25, 0.3) is 0 Å². The van der Waals surface area contributed by atoms with E-state index in [9.17, 15) is 9.59 Å². The number of carbonyl (C=O) groups is 2. The Morgan fingerprint density at radius 1 is 1.10 bits per heavy atom. The van der Waals surface area contributed by atoms with E-state index in [0.29, 0.717) is 6.54 Å². The van der Waals surface area contributed by atoms with Crippen LogP contribution in [0.5, 0.6) is 0 Å². The molecule has 0 unspecified atom stereocenters. The van der Waals surface area contributed by atoms with E-state index >= 15 is 0 Å². The van der Waals surface area contributed by atoms with Gasteiger partial charge in [-0.05, 0) is 18.4 Å². The van der Waals surface area contributed by atoms with Crippen LogP contribution in [0.3, 0.4) is 0 Å². The van der Waals surface area contributed by atoms with Gasteiger partial charge in [0.2, 0.25) is 0 Å². The highest BCUT2D eigenvalue weighted by Gasteiger charge is 2.00. The van der Waals surface area contributed by atoms with Crippen molar-refractivity contribution in [3.8, 4) is 0 Å². The minimum atomic E-state index is -1.02. The van der Waals surface area contributed by atoms with Gasteiger partial charge in [0.05, 0.1) is 6.61 Å². The third-order valence-electron chi connectivity index (χ3n) is 2.53. The molecule has 0 aliphatic heterocycles. The first-order valence-electron chi connectivity index (χ1n) is 6.53. The number of ether oxygens (including phenoxy) is 1. The van der Waals surface area contributed by atoms with Crippen molar-refractivity contribution in [2.24, 2.45) is 0 Å². The molecule has 6 heteroatoms. The second-order valence-electron chi connectivity index (χ2n) is 4.22. The van der Waals surface area contributed by atoms with Crippen molar-refractivity contribution in [1.82, 2.24) is 10.6 Å². The zero-order valence-corrected chi connectivity index (χ0v) is 11.3. The smallest absolute Gasteiger partial charge is 0.329 e. The summed E-state index contributed by atoms with van der Waals surface area (Å²) in [5.41, 5.74) is 1.25. The predicted octanol–water partition coefficient (Wildman–Crippen LogP) is 1.02. The van der Waals surface area contributed by atoms with E-state index < -0.39 is 5.97 Å². The standard InChI is InChI=1S/C14H20N2O4/c17-13(18)11-20-10-9-16-14(19)15-8-4-7-12-5-2-1-3-6-12/h1-3,5-6H,4,7-11H2,(H,17,18)(H2,15,16,19). The molecule has 0 aliphatic carbocycles. The quantitative estimate of drug-likeness (QED) is 0.589. The summed E-state index contributed by atoms with van der Waals surface area (Å²) < 4.78 is 4.79. The van der Waals surface area contributed by atoms with Crippen LogP contribution >= 0.6 is 0 Å². The molecule has 0 aromatic heterocycles. The molecule has 0 radical (unpaired) electrons. The number of amides is 2. The molecule has 110 valence electrons. The maximum atomic E-state index is 11.4. The van der Waals surface area contributed by atoms with Crippen LogP contribution in [0.15, 0.2) is 30.3 Å². The summed E-state index contributed by atoms with van der Waals surface area (Å²) in [4.78, 5) is 21.5. The molecule has 2 amide bonds. The molecule has 0 fully saturated rings. The van der Waals surface area contributed by atoms with Crippen LogP contribution in [0.1, 0.15) is 12.0 Å². The second kappa shape index (κ2) is 9.80. The largest absolute Gasteiger partial charge is 0.480 e.